The maximum Gasteiger partial charge on any atom is 0.225 e. The molecule has 0 saturated carbocycles. The van der Waals surface area contributed by atoms with Gasteiger partial charge < -0.3 is 5.21 Å². The van der Waals surface area contributed by atoms with Crippen LogP contribution in [0.2, 0.25) is 0 Å². The van der Waals surface area contributed by atoms with Crippen molar-refractivity contribution in [2.45, 2.75) is 26.7 Å². The fraction of sp³-hybridized carbons (Fsp3) is 0.222. The Labute approximate surface area is 129 Å². The van der Waals surface area contributed by atoms with Crippen LogP contribution in [0.25, 0.3) is 0 Å². The molecule has 0 aliphatic carbocycles. The molecule has 0 radical (unpaired) electrons. The summed E-state index contributed by atoms with van der Waals surface area (Å²) in [5, 5.41) is 15.9. The molecule has 22 heavy (non-hydrogen) atoms. The first kappa shape index (κ1) is 14.3. The van der Waals surface area contributed by atoms with Crippen LogP contribution < -0.4 is 4.90 Å². The molecule has 0 aliphatic rings. The van der Waals surface area contributed by atoms with Gasteiger partial charge in [-0.05, 0) is 41.0 Å². The molecule has 4 heteroatoms. The van der Waals surface area contributed by atoms with E-state index in [1.54, 1.807) is 0 Å². The first-order valence-corrected chi connectivity index (χ1v) is 7.31. The highest BCUT2D eigenvalue weighted by Crippen LogP contribution is 2.17. The minimum Gasteiger partial charge on any atom is -0.359 e. The summed E-state index contributed by atoms with van der Waals surface area (Å²) in [6.07, 6.45) is 1.13. The van der Waals surface area contributed by atoms with Gasteiger partial charge >= 0.3 is 0 Å². The van der Waals surface area contributed by atoms with Crippen LogP contribution in [-0.4, -0.2) is 5.16 Å². The summed E-state index contributed by atoms with van der Waals surface area (Å²) in [4.78, 5) is 0.528. The van der Waals surface area contributed by atoms with Crippen LogP contribution >= 0.6 is 0 Å². The van der Waals surface area contributed by atoms with E-state index in [2.05, 4.69) is 24.2 Å². The fourth-order valence-electron chi connectivity index (χ4n) is 2.57. The lowest BCUT2D eigenvalue weighted by Gasteiger charge is -2.05. The number of aromatic nitrogens is 2. The Morgan fingerprint density at radius 2 is 1.45 bits per heavy atom. The molecule has 0 atom stereocenters. The molecule has 0 spiro atoms. The van der Waals surface area contributed by atoms with Gasteiger partial charge in [-0.1, -0.05) is 48.5 Å². The highest BCUT2D eigenvalue weighted by Gasteiger charge is 2.20. The highest BCUT2D eigenvalue weighted by molar-refractivity contribution is 5.33. The predicted molar refractivity (Wildman–Crippen MR) is 83.4 cm³/mol. The summed E-state index contributed by atoms with van der Waals surface area (Å²) in [6, 6.07) is 16.1. The zero-order valence-electron chi connectivity index (χ0n) is 12.7. The molecule has 112 valence electrons. The van der Waals surface area contributed by atoms with Crippen molar-refractivity contribution in [2.75, 3.05) is 0 Å². The third-order valence-corrected chi connectivity index (χ3v) is 4.02. The third-order valence-electron chi connectivity index (χ3n) is 4.02. The summed E-state index contributed by atoms with van der Waals surface area (Å²) < 4.78 is 4.83. The molecule has 0 N–H and O–H groups in total. The van der Waals surface area contributed by atoms with Crippen molar-refractivity contribution in [3.8, 4) is 0 Å². The average molecular weight is 294 g/mol. The Hall–Kier alpha value is -2.62. The topological polar surface area (TPSA) is 53.0 Å². The molecule has 4 nitrogen and oxygen atoms in total. The van der Waals surface area contributed by atoms with E-state index in [0.717, 1.165) is 16.7 Å². The van der Waals surface area contributed by atoms with Crippen molar-refractivity contribution >= 4 is 0 Å². The monoisotopic (exact) mass is 294 g/mol. The van der Waals surface area contributed by atoms with Gasteiger partial charge in [-0.3, -0.25) is 4.63 Å². The van der Waals surface area contributed by atoms with Gasteiger partial charge in [-0.15, -0.1) is 0 Å². The summed E-state index contributed by atoms with van der Waals surface area (Å²) >= 11 is 0. The second-order valence-electron chi connectivity index (χ2n) is 5.53. The Balaban J connectivity index is 1.92. The average Bonchev–Trinajstić information content (AvgIpc) is 2.85. The molecule has 0 unspecified atom stereocenters. The molecule has 2 aromatic carbocycles. The van der Waals surface area contributed by atoms with Gasteiger partial charge in [0.15, 0.2) is 0 Å². The summed E-state index contributed by atoms with van der Waals surface area (Å²) in [5.74, 6) is 0. The first-order valence-electron chi connectivity index (χ1n) is 7.31. The van der Waals surface area contributed by atoms with E-state index in [9.17, 15) is 5.21 Å². The Morgan fingerprint density at radius 1 is 0.909 bits per heavy atom. The largest absolute Gasteiger partial charge is 0.359 e. The van der Waals surface area contributed by atoms with Gasteiger partial charge in [-0.25, -0.2) is 0 Å². The van der Waals surface area contributed by atoms with Crippen molar-refractivity contribution in [1.82, 2.24) is 5.16 Å². The van der Waals surface area contributed by atoms with Crippen LogP contribution in [0, 0.1) is 19.1 Å². The van der Waals surface area contributed by atoms with Crippen molar-refractivity contribution in [2.24, 2.45) is 0 Å². The maximum atomic E-state index is 11.9. The van der Waals surface area contributed by atoms with Crippen LogP contribution in [0.1, 0.15) is 33.6 Å². The molecule has 0 aliphatic heterocycles. The normalized spacial score (nSPS) is 10.8. The Bertz CT molecular complexity index is 793. The van der Waals surface area contributed by atoms with E-state index in [1.807, 2.05) is 43.3 Å². The van der Waals surface area contributed by atoms with E-state index >= 15 is 0 Å². The summed E-state index contributed by atoms with van der Waals surface area (Å²) in [5.41, 5.74) is 5.89. The number of hydrogen-bond donors (Lipinski definition) is 0. The van der Waals surface area contributed by atoms with Crippen LogP contribution in [0.4, 0.5) is 0 Å². The molecule has 3 aromatic rings. The van der Waals surface area contributed by atoms with Crippen molar-refractivity contribution in [3.63, 3.8) is 0 Å². The lowest BCUT2D eigenvalue weighted by molar-refractivity contribution is -0.807. The van der Waals surface area contributed by atoms with Crippen LogP contribution in [0.5, 0.6) is 0 Å². The van der Waals surface area contributed by atoms with Gasteiger partial charge in [-0.2, -0.15) is 0 Å². The lowest BCUT2D eigenvalue weighted by atomic mass is 9.99. The quantitative estimate of drug-likeness (QED) is 0.695. The molecule has 3 rings (SSSR count). The van der Waals surface area contributed by atoms with Crippen molar-refractivity contribution < 1.29 is 9.53 Å². The summed E-state index contributed by atoms with van der Waals surface area (Å²) in [7, 11) is 0. The van der Waals surface area contributed by atoms with E-state index in [0.29, 0.717) is 29.1 Å². The standard InChI is InChI=1S/C18H18N2O2/c1-13-7-3-5-9-15(13)11-17-18(20(21)22-19-17)12-16-10-6-4-8-14(16)2/h3-10H,11-12H2,1-2H3. The maximum absolute atomic E-state index is 11.9. The first-order chi connectivity index (χ1) is 10.6. The predicted octanol–water partition coefficient (Wildman–Crippen LogP) is 3.11. The van der Waals surface area contributed by atoms with E-state index in [4.69, 9.17) is 4.63 Å². The van der Waals surface area contributed by atoms with Gasteiger partial charge in [0.25, 0.3) is 0 Å². The molecule has 0 saturated heterocycles. The number of benzene rings is 2. The Kier molecular flexibility index (Phi) is 3.92. The number of aryl methyl sites for hydroxylation is 2. The second-order valence-corrected chi connectivity index (χ2v) is 5.53. The van der Waals surface area contributed by atoms with Crippen molar-refractivity contribution in [1.29, 1.82) is 0 Å². The van der Waals surface area contributed by atoms with Crippen LogP contribution in [-0.2, 0) is 12.8 Å². The third kappa shape index (κ3) is 2.86. The minimum absolute atomic E-state index is 0.528. The van der Waals surface area contributed by atoms with Gasteiger partial charge in [0.2, 0.25) is 11.4 Å². The molecule has 0 amide bonds. The minimum atomic E-state index is 0.528. The Morgan fingerprint density at radius 3 is 2.05 bits per heavy atom. The smallest absolute Gasteiger partial charge is 0.225 e. The number of hydrogen-bond acceptors (Lipinski definition) is 3. The number of nitrogens with zero attached hydrogens (tertiary/aromatic N) is 2. The van der Waals surface area contributed by atoms with Crippen LogP contribution in [0.15, 0.2) is 53.2 Å². The van der Waals surface area contributed by atoms with Crippen LogP contribution in [0.3, 0.4) is 0 Å². The molecule has 0 bridgehead atoms. The lowest BCUT2D eigenvalue weighted by Crippen LogP contribution is -2.29. The highest BCUT2D eigenvalue weighted by atomic mass is 16.8. The fourth-order valence-corrected chi connectivity index (χ4v) is 2.57. The molecular formula is C18H18N2O2. The zero-order valence-corrected chi connectivity index (χ0v) is 12.7. The van der Waals surface area contributed by atoms with Gasteiger partial charge in [0.1, 0.15) is 0 Å². The number of rotatable bonds is 4. The molecule has 1 heterocycles. The SMILES string of the molecule is Cc1ccccc1Cc1no[n+]([O-])c1Cc1ccccc1C. The molecular weight excluding hydrogens is 276 g/mol. The van der Waals surface area contributed by atoms with Gasteiger partial charge in [0.05, 0.1) is 0 Å². The van der Waals surface area contributed by atoms with Gasteiger partial charge in [0, 0.05) is 18.0 Å². The zero-order chi connectivity index (χ0) is 15.5. The van der Waals surface area contributed by atoms with Crippen molar-refractivity contribution in [3.05, 3.63) is 87.4 Å². The molecule has 1 aromatic heterocycles. The second kappa shape index (κ2) is 6.02. The van der Waals surface area contributed by atoms with E-state index in [1.165, 1.54) is 5.56 Å². The van der Waals surface area contributed by atoms with E-state index in [-0.39, 0.29) is 0 Å². The molecule has 0 fully saturated rings. The summed E-state index contributed by atoms with van der Waals surface area (Å²) in [6.45, 7) is 4.10. The van der Waals surface area contributed by atoms with E-state index < -0.39 is 0 Å².